The molecule has 1 heterocycles. The minimum atomic E-state index is -0.423. The Morgan fingerprint density at radius 2 is 2.25 bits per heavy atom. The van der Waals surface area contributed by atoms with Gasteiger partial charge in [-0.25, -0.2) is 0 Å². The summed E-state index contributed by atoms with van der Waals surface area (Å²) in [4.78, 5) is 22.8. The molecule has 84 valence electrons. The molecule has 0 atom stereocenters. The number of amides is 1. The molecule has 0 aliphatic carbocycles. The second-order valence-corrected chi connectivity index (χ2v) is 3.95. The van der Waals surface area contributed by atoms with Gasteiger partial charge in [0.2, 0.25) is 6.41 Å². The summed E-state index contributed by atoms with van der Waals surface area (Å²) in [5, 5.41) is 10.9. The number of aryl methyl sites for hydroxylation is 2. The summed E-state index contributed by atoms with van der Waals surface area (Å²) < 4.78 is 0. The Balaban J connectivity index is 2.65. The van der Waals surface area contributed by atoms with Gasteiger partial charge in [0, 0.05) is 12.6 Å². The molecule has 1 aromatic rings. The molecule has 1 aromatic carbocycles. The van der Waals surface area contributed by atoms with Crippen LogP contribution in [0, 0.1) is 17.0 Å². The highest BCUT2D eigenvalue weighted by Gasteiger charge is 2.26. The average Bonchev–Trinajstić information content (AvgIpc) is 2.26. The molecule has 0 radical (unpaired) electrons. The van der Waals surface area contributed by atoms with Crippen molar-refractivity contribution < 1.29 is 9.72 Å². The van der Waals surface area contributed by atoms with Crippen molar-refractivity contribution in [1.82, 2.24) is 0 Å². The van der Waals surface area contributed by atoms with Crippen molar-refractivity contribution in [2.45, 2.75) is 19.8 Å². The van der Waals surface area contributed by atoms with Crippen LogP contribution in [0.5, 0.6) is 0 Å². The van der Waals surface area contributed by atoms with Gasteiger partial charge in [-0.05, 0) is 30.9 Å². The van der Waals surface area contributed by atoms with Crippen molar-refractivity contribution in [3.8, 4) is 0 Å². The van der Waals surface area contributed by atoms with Gasteiger partial charge in [-0.3, -0.25) is 14.9 Å². The van der Waals surface area contributed by atoms with Gasteiger partial charge in [-0.15, -0.1) is 0 Å². The third-order valence-corrected chi connectivity index (χ3v) is 2.77. The van der Waals surface area contributed by atoms with Gasteiger partial charge in [0.1, 0.15) is 5.69 Å². The van der Waals surface area contributed by atoms with Crippen LogP contribution in [0.15, 0.2) is 12.1 Å². The number of nitro groups is 1. The Labute approximate surface area is 92.8 Å². The fourth-order valence-electron chi connectivity index (χ4n) is 2.15. The molecule has 5 nitrogen and oxygen atoms in total. The van der Waals surface area contributed by atoms with E-state index in [1.165, 1.54) is 11.0 Å². The van der Waals surface area contributed by atoms with Crippen LogP contribution in [0.25, 0.3) is 0 Å². The molecule has 0 saturated carbocycles. The molecule has 2 rings (SSSR count). The molecular formula is C11H12N2O3. The average molecular weight is 220 g/mol. The topological polar surface area (TPSA) is 63.5 Å². The van der Waals surface area contributed by atoms with Crippen molar-refractivity contribution in [3.05, 3.63) is 33.4 Å². The Morgan fingerprint density at radius 3 is 2.88 bits per heavy atom. The van der Waals surface area contributed by atoms with E-state index >= 15 is 0 Å². The first-order valence-electron chi connectivity index (χ1n) is 5.13. The van der Waals surface area contributed by atoms with E-state index in [0.717, 1.165) is 24.0 Å². The molecule has 16 heavy (non-hydrogen) atoms. The van der Waals surface area contributed by atoms with Gasteiger partial charge in [-0.2, -0.15) is 0 Å². The molecule has 0 fully saturated rings. The first-order chi connectivity index (χ1) is 7.63. The smallest absolute Gasteiger partial charge is 0.293 e. The van der Waals surface area contributed by atoms with E-state index in [9.17, 15) is 14.9 Å². The molecule has 0 aromatic heterocycles. The van der Waals surface area contributed by atoms with Gasteiger partial charge in [0.05, 0.1) is 4.92 Å². The molecule has 0 N–H and O–H groups in total. The first-order valence-corrected chi connectivity index (χ1v) is 5.13. The van der Waals surface area contributed by atoms with E-state index < -0.39 is 4.92 Å². The Morgan fingerprint density at radius 1 is 1.50 bits per heavy atom. The Kier molecular flexibility index (Phi) is 2.60. The molecule has 0 spiro atoms. The maximum atomic E-state index is 10.9. The Bertz CT molecular complexity index is 457. The number of hydrogen-bond donors (Lipinski definition) is 0. The molecule has 0 saturated heterocycles. The minimum absolute atomic E-state index is 0.0294. The number of benzene rings is 1. The van der Waals surface area contributed by atoms with Crippen LogP contribution in [0.4, 0.5) is 11.4 Å². The number of carbonyl (C=O) groups is 1. The maximum Gasteiger partial charge on any atom is 0.293 e. The lowest BCUT2D eigenvalue weighted by molar-refractivity contribution is -0.384. The van der Waals surface area contributed by atoms with Gasteiger partial charge in [0.15, 0.2) is 0 Å². The second-order valence-electron chi connectivity index (χ2n) is 3.95. The lowest BCUT2D eigenvalue weighted by Crippen LogP contribution is -2.28. The number of rotatable bonds is 2. The fourth-order valence-corrected chi connectivity index (χ4v) is 2.15. The molecule has 1 amide bonds. The van der Waals surface area contributed by atoms with E-state index in [2.05, 4.69) is 0 Å². The quantitative estimate of drug-likeness (QED) is 0.433. The van der Waals surface area contributed by atoms with Crippen LogP contribution >= 0.6 is 0 Å². The van der Waals surface area contributed by atoms with Crippen molar-refractivity contribution in [2.75, 3.05) is 11.4 Å². The molecule has 0 bridgehead atoms. The lowest BCUT2D eigenvalue weighted by atomic mass is 9.98. The van der Waals surface area contributed by atoms with Crippen LogP contribution in [-0.4, -0.2) is 17.9 Å². The van der Waals surface area contributed by atoms with E-state index in [-0.39, 0.29) is 5.69 Å². The zero-order valence-corrected chi connectivity index (χ0v) is 8.97. The number of hydrogen-bond acceptors (Lipinski definition) is 3. The SMILES string of the molecule is Cc1cc2c(c([N+](=O)[O-])c1)N(C=O)CCC2. The van der Waals surface area contributed by atoms with Crippen LogP contribution in [0.3, 0.4) is 0 Å². The number of nitro benzene ring substituents is 1. The zero-order valence-electron chi connectivity index (χ0n) is 8.97. The van der Waals surface area contributed by atoms with Crippen LogP contribution in [0.1, 0.15) is 17.5 Å². The van der Waals surface area contributed by atoms with Crippen molar-refractivity contribution in [1.29, 1.82) is 0 Å². The van der Waals surface area contributed by atoms with Gasteiger partial charge in [-0.1, -0.05) is 6.07 Å². The summed E-state index contributed by atoms with van der Waals surface area (Å²) in [6.45, 7) is 2.38. The summed E-state index contributed by atoms with van der Waals surface area (Å²) in [5.74, 6) is 0. The molecular weight excluding hydrogens is 208 g/mol. The molecule has 0 unspecified atom stereocenters. The second kappa shape index (κ2) is 3.92. The Hall–Kier alpha value is -1.91. The highest BCUT2D eigenvalue weighted by molar-refractivity contribution is 5.84. The third kappa shape index (κ3) is 1.64. The number of anilines is 1. The van der Waals surface area contributed by atoms with E-state index in [1.807, 2.05) is 13.0 Å². The number of carbonyl (C=O) groups excluding carboxylic acids is 1. The zero-order chi connectivity index (χ0) is 11.7. The summed E-state index contributed by atoms with van der Waals surface area (Å²) in [6.07, 6.45) is 2.31. The van der Waals surface area contributed by atoms with Gasteiger partial charge >= 0.3 is 0 Å². The molecule has 5 heteroatoms. The summed E-state index contributed by atoms with van der Waals surface area (Å²) >= 11 is 0. The van der Waals surface area contributed by atoms with E-state index in [0.29, 0.717) is 18.6 Å². The van der Waals surface area contributed by atoms with Crippen LogP contribution in [0.2, 0.25) is 0 Å². The third-order valence-electron chi connectivity index (χ3n) is 2.77. The van der Waals surface area contributed by atoms with Crippen LogP contribution in [-0.2, 0) is 11.2 Å². The largest absolute Gasteiger partial charge is 0.309 e. The standard InChI is InChI=1S/C11H12N2O3/c1-8-5-9-3-2-4-12(7-14)11(9)10(6-8)13(15)16/h5-7H,2-4H2,1H3. The number of fused-ring (bicyclic) bond motifs is 1. The molecule has 1 aliphatic heterocycles. The summed E-state index contributed by atoms with van der Waals surface area (Å²) in [6, 6.07) is 3.43. The van der Waals surface area contributed by atoms with E-state index in [4.69, 9.17) is 0 Å². The normalized spacial score (nSPS) is 14.4. The molecule has 1 aliphatic rings. The van der Waals surface area contributed by atoms with Crippen molar-refractivity contribution >= 4 is 17.8 Å². The number of nitrogens with zero attached hydrogens (tertiary/aromatic N) is 2. The van der Waals surface area contributed by atoms with Crippen molar-refractivity contribution in [3.63, 3.8) is 0 Å². The monoisotopic (exact) mass is 220 g/mol. The summed E-state index contributed by atoms with van der Waals surface area (Å²) in [7, 11) is 0. The fraction of sp³-hybridized carbons (Fsp3) is 0.364. The summed E-state index contributed by atoms with van der Waals surface area (Å²) in [5.41, 5.74) is 2.25. The van der Waals surface area contributed by atoms with Crippen molar-refractivity contribution in [2.24, 2.45) is 0 Å². The lowest BCUT2D eigenvalue weighted by Gasteiger charge is -2.25. The van der Waals surface area contributed by atoms with E-state index in [1.54, 1.807) is 0 Å². The highest BCUT2D eigenvalue weighted by atomic mass is 16.6. The van der Waals surface area contributed by atoms with Gasteiger partial charge in [0.25, 0.3) is 5.69 Å². The maximum absolute atomic E-state index is 10.9. The predicted molar refractivity (Wildman–Crippen MR) is 59.6 cm³/mol. The first kappa shape index (κ1) is 10.6. The van der Waals surface area contributed by atoms with Gasteiger partial charge < -0.3 is 4.90 Å². The highest BCUT2D eigenvalue weighted by Crippen LogP contribution is 2.36. The predicted octanol–water partition coefficient (Wildman–Crippen LogP) is 1.81. The van der Waals surface area contributed by atoms with Crippen LogP contribution < -0.4 is 4.90 Å². The minimum Gasteiger partial charge on any atom is -0.309 e.